The smallest absolute Gasteiger partial charge is 0.248 e. The van der Waals surface area contributed by atoms with Crippen LogP contribution in [0.25, 0.3) is 0 Å². The Morgan fingerprint density at radius 2 is 1.70 bits per heavy atom. The van der Waals surface area contributed by atoms with Gasteiger partial charge in [-0.15, -0.1) is 0 Å². The zero-order valence-electron chi connectivity index (χ0n) is 11.9. The second-order valence-electron chi connectivity index (χ2n) is 6.37. The van der Waals surface area contributed by atoms with Gasteiger partial charge >= 0.3 is 0 Å². The number of aliphatic hydroxyl groups is 3. The predicted molar refractivity (Wildman–Crippen MR) is 70.6 cm³/mol. The lowest BCUT2D eigenvalue weighted by Crippen LogP contribution is -2.60. The molecule has 4 nitrogen and oxygen atoms in total. The summed E-state index contributed by atoms with van der Waals surface area (Å²) in [5, 5.41) is 29.1. The Balaban J connectivity index is 1.79. The van der Waals surface area contributed by atoms with Crippen molar-refractivity contribution in [3.63, 3.8) is 0 Å². The maximum atomic E-state index is 13.1. The first-order valence-corrected chi connectivity index (χ1v) is 7.46. The minimum Gasteiger partial charge on any atom is -0.389 e. The molecule has 1 aliphatic carbocycles. The fourth-order valence-corrected chi connectivity index (χ4v) is 3.28. The Kier molecular flexibility index (Phi) is 5.00. The summed E-state index contributed by atoms with van der Waals surface area (Å²) in [5.74, 6) is -2.20. The number of hydrogen-bond acceptors (Lipinski definition) is 4. The Bertz CT molecular complexity index is 320. The van der Waals surface area contributed by atoms with E-state index in [2.05, 4.69) is 0 Å². The van der Waals surface area contributed by atoms with E-state index in [1.807, 2.05) is 11.8 Å². The van der Waals surface area contributed by atoms with Gasteiger partial charge in [0.1, 0.15) is 6.10 Å². The second kappa shape index (κ2) is 6.22. The number of alkyl halides is 2. The first-order valence-electron chi connectivity index (χ1n) is 7.46. The van der Waals surface area contributed by atoms with Crippen molar-refractivity contribution in [3.05, 3.63) is 0 Å². The molecular formula is C14H25F2NO3. The van der Waals surface area contributed by atoms with Crippen molar-refractivity contribution in [2.24, 2.45) is 5.92 Å². The third kappa shape index (κ3) is 3.67. The molecule has 0 amide bonds. The Morgan fingerprint density at radius 1 is 1.10 bits per heavy atom. The molecule has 4 atom stereocenters. The minimum atomic E-state index is -2.49. The largest absolute Gasteiger partial charge is 0.389 e. The highest BCUT2D eigenvalue weighted by molar-refractivity contribution is 4.92. The van der Waals surface area contributed by atoms with Crippen molar-refractivity contribution in [3.8, 4) is 0 Å². The minimum absolute atomic E-state index is 0.0306. The maximum Gasteiger partial charge on any atom is 0.248 e. The summed E-state index contributed by atoms with van der Waals surface area (Å²) in [6, 6.07) is -0.224. The summed E-state index contributed by atoms with van der Waals surface area (Å²) in [6.07, 6.45) is -1.18. The monoisotopic (exact) mass is 293 g/mol. The molecule has 0 radical (unpaired) electrons. The molecule has 1 saturated heterocycles. The average Bonchev–Trinajstić information content (AvgIpc) is 2.40. The van der Waals surface area contributed by atoms with Gasteiger partial charge in [-0.2, -0.15) is 0 Å². The molecule has 2 fully saturated rings. The van der Waals surface area contributed by atoms with Crippen LogP contribution in [-0.4, -0.2) is 63.6 Å². The van der Waals surface area contributed by atoms with E-state index >= 15 is 0 Å². The lowest BCUT2D eigenvalue weighted by Gasteiger charge is -2.43. The van der Waals surface area contributed by atoms with Crippen molar-refractivity contribution < 1.29 is 24.1 Å². The van der Waals surface area contributed by atoms with E-state index < -0.39 is 24.2 Å². The Morgan fingerprint density at radius 3 is 2.30 bits per heavy atom. The zero-order chi connectivity index (χ0) is 14.9. The molecule has 0 aromatic heterocycles. The van der Waals surface area contributed by atoms with Gasteiger partial charge in [0.05, 0.1) is 12.2 Å². The topological polar surface area (TPSA) is 63.9 Å². The molecule has 3 N–H and O–H groups in total. The van der Waals surface area contributed by atoms with Crippen molar-refractivity contribution in [1.29, 1.82) is 0 Å². The molecule has 0 spiro atoms. The summed E-state index contributed by atoms with van der Waals surface area (Å²) in [6.45, 7) is 2.80. The van der Waals surface area contributed by atoms with E-state index in [0.29, 0.717) is 31.8 Å². The Hall–Kier alpha value is -0.300. The lowest BCUT2D eigenvalue weighted by atomic mass is 9.84. The number of likely N-dealkylation sites (tertiary alicyclic amines) is 1. The van der Waals surface area contributed by atoms with Crippen molar-refractivity contribution >= 4 is 0 Å². The van der Waals surface area contributed by atoms with E-state index in [4.69, 9.17) is 0 Å². The average molecular weight is 293 g/mol. The molecular weight excluding hydrogens is 268 g/mol. The van der Waals surface area contributed by atoms with Gasteiger partial charge in [0.15, 0.2) is 0 Å². The summed E-state index contributed by atoms with van der Waals surface area (Å²) in [4.78, 5) is 1.94. The van der Waals surface area contributed by atoms with Crippen LogP contribution in [0.15, 0.2) is 0 Å². The van der Waals surface area contributed by atoms with Crippen LogP contribution in [0.3, 0.4) is 0 Å². The van der Waals surface area contributed by atoms with Crippen molar-refractivity contribution in [2.75, 3.05) is 13.1 Å². The fourth-order valence-electron chi connectivity index (χ4n) is 3.28. The van der Waals surface area contributed by atoms with Crippen LogP contribution >= 0.6 is 0 Å². The summed E-state index contributed by atoms with van der Waals surface area (Å²) in [7, 11) is 0. The van der Waals surface area contributed by atoms with E-state index in [0.717, 1.165) is 6.42 Å². The van der Waals surface area contributed by atoms with Crippen molar-refractivity contribution in [1.82, 2.24) is 4.90 Å². The van der Waals surface area contributed by atoms with Gasteiger partial charge in [0.25, 0.3) is 0 Å². The number of halogens is 2. The van der Waals surface area contributed by atoms with Crippen LogP contribution in [0.5, 0.6) is 0 Å². The molecule has 1 aliphatic heterocycles. The van der Waals surface area contributed by atoms with E-state index in [9.17, 15) is 24.1 Å². The second-order valence-corrected chi connectivity index (χ2v) is 6.37. The third-order valence-electron chi connectivity index (χ3n) is 4.90. The summed E-state index contributed by atoms with van der Waals surface area (Å²) < 4.78 is 26.2. The molecule has 118 valence electrons. The number of nitrogens with zero attached hydrogens (tertiary/aromatic N) is 1. The highest BCUT2D eigenvalue weighted by Gasteiger charge is 2.39. The number of piperidine rings is 1. The van der Waals surface area contributed by atoms with Crippen LogP contribution in [-0.2, 0) is 0 Å². The van der Waals surface area contributed by atoms with Gasteiger partial charge in [-0.05, 0) is 38.6 Å². The third-order valence-corrected chi connectivity index (χ3v) is 4.90. The molecule has 0 aromatic carbocycles. The van der Waals surface area contributed by atoms with Crippen LogP contribution in [0.2, 0.25) is 0 Å². The summed E-state index contributed by atoms with van der Waals surface area (Å²) >= 11 is 0. The maximum absolute atomic E-state index is 13.1. The van der Waals surface area contributed by atoms with Crippen molar-refractivity contribution in [2.45, 2.75) is 69.3 Å². The van der Waals surface area contributed by atoms with Gasteiger partial charge in [-0.3, -0.25) is 4.90 Å². The molecule has 0 aromatic rings. The van der Waals surface area contributed by atoms with Crippen LogP contribution in [0.4, 0.5) is 8.78 Å². The first-order chi connectivity index (χ1) is 9.30. The SMILES string of the molecule is C[C@@H]1[C@@H](O)[C@H](O)[C@@H](O)CN1CCC1CCC(F)(F)CC1. The molecule has 0 bridgehead atoms. The highest BCUT2D eigenvalue weighted by Crippen LogP contribution is 2.37. The van der Waals surface area contributed by atoms with Gasteiger partial charge in [-0.25, -0.2) is 8.78 Å². The standard InChI is InChI=1S/C14H25F2NO3/c1-9-12(19)13(20)11(18)8-17(9)7-4-10-2-5-14(15,16)6-3-10/h9-13,18-20H,2-8H2,1H3/t9-,11+,12-,13-/m1/s1. The van der Waals surface area contributed by atoms with Crippen LogP contribution < -0.4 is 0 Å². The van der Waals surface area contributed by atoms with Crippen LogP contribution in [0.1, 0.15) is 39.0 Å². The molecule has 6 heteroatoms. The van der Waals surface area contributed by atoms with E-state index in [-0.39, 0.29) is 18.9 Å². The van der Waals surface area contributed by atoms with E-state index in [1.54, 1.807) is 0 Å². The Labute approximate surface area is 118 Å². The fraction of sp³-hybridized carbons (Fsp3) is 1.00. The first kappa shape index (κ1) is 16.1. The van der Waals surface area contributed by atoms with E-state index in [1.165, 1.54) is 0 Å². The van der Waals surface area contributed by atoms with Gasteiger partial charge in [-0.1, -0.05) is 0 Å². The lowest BCUT2D eigenvalue weighted by molar-refractivity contribution is -0.134. The van der Waals surface area contributed by atoms with Gasteiger partial charge in [0.2, 0.25) is 5.92 Å². The molecule has 1 saturated carbocycles. The van der Waals surface area contributed by atoms with Gasteiger partial charge in [0, 0.05) is 25.4 Å². The molecule has 2 rings (SSSR count). The normalized spacial score (nSPS) is 39.9. The van der Waals surface area contributed by atoms with Crippen LogP contribution in [0, 0.1) is 5.92 Å². The molecule has 1 heterocycles. The number of β-amino-alcohol motifs (C(OH)–C–C–N with tert-alkyl or cyclic N) is 1. The highest BCUT2D eigenvalue weighted by atomic mass is 19.3. The summed E-state index contributed by atoms with van der Waals surface area (Å²) in [5.41, 5.74) is 0. The molecule has 2 aliphatic rings. The zero-order valence-corrected chi connectivity index (χ0v) is 11.9. The molecule has 0 unspecified atom stereocenters. The molecule has 20 heavy (non-hydrogen) atoms. The quantitative estimate of drug-likeness (QED) is 0.726. The number of hydrogen-bond donors (Lipinski definition) is 3. The number of rotatable bonds is 3. The number of aliphatic hydroxyl groups excluding tert-OH is 3. The predicted octanol–water partition coefficient (Wildman–Crippen LogP) is 0.989. The van der Waals surface area contributed by atoms with Gasteiger partial charge < -0.3 is 15.3 Å².